The van der Waals surface area contributed by atoms with Crippen molar-refractivity contribution < 1.29 is 18.0 Å². The molecule has 0 aliphatic carbocycles. The minimum absolute atomic E-state index is 0.0354. The lowest BCUT2D eigenvalue weighted by Gasteiger charge is -2.33. The molecule has 3 aromatic rings. The zero-order valence-corrected chi connectivity index (χ0v) is 25.3. The van der Waals surface area contributed by atoms with Crippen LogP contribution >= 0.6 is 11.6 Å². The summed E-state index contributed by atoms with van der Waals surface area (Å²) in [5, 5.41) is 3.29. The van der Waals surface area contributed by atoms with Crippen LogP contribution in [0.1, 0.15) is 44.4 Å². The van der Waals surface area contributed by atoms with Crippen LogP contribution in [0.15, 0.2) is 78.9 Å². The van der Waals surface area contributed by atoms with E-state index in [9.17, 15) is 18.0 Å². The first kappa shape index (κ1) is 31.2. The van der Waals surface area contributed by atoms with Crippen LogP contribution in [-0.2, 0) is 38.0 Å². The summed E-state index contributed by atoms with van der Waals surface area (Å²) in [6, 6.07) is 22.8. The minimum atomic E-state index is -3.83. The van der Waals surface area contributed by atoms with Gasteiger partial charge in [0.25, 0.3) is 0 Å². The Morgan fingerprint density at radius 1 is 0.925 bits per heavy atom. The van der Waals surface area contributed by atoms with Crippen LogP contribution in [0.4, 0.5) is 5.69 Å². The number of nitrogens with zero attached hydrogens (tertiary/aromatic N) is 2. The van der Waals surface area contributed by atoms with E-state index in [2.05, 4.69) is 26.1 Å². The predicted octanol–water partition coefficient (Wildman–Crippen LogP) is 5.18. The predicted molar refractivity (Wildman–Crippen MR) is 162 cm³/mol. The average molecular weight is 584 g/mol. The number of hydrogen-bond acceptors (Lipinski definition) is 4. The van der Waals surface area contributed by atoms with E-state index in [4.69, 9.17) is 11.6 Å². The van der Waals surface area contributed by atoms with Crippen molar-refractivity contribution in [3.8, 4) is 0 Å². The smallest absolute Gasteiger partial charge is 0.244 e. The number of hydrogen-bond donors (Lipinski definition) is 1. The summed E-state index contributed by atoms with van der Waals surface area (Å²) in [4.78, 5) is 28.9. The standard InChI is InChI=1S/C31H38ClN3O4S/c1-6-33-30(37)28(20-23-12-8-7-9-13-23)34(21-24-14-10-11-15-27(24)32)29(36)22-35(40(5,38)39)26-18-16-25(17-19-26)31(2,3)4/h7-19,28H,6,20-22H2,1-5H3,(H,33,37)/t28-/m1/s1. The maximum Gasteiger partial charge on any atom is 0.244 e. The molecule has 0 aromatic heterocycles. The summed E-state index contributed by atoms with van der Waals surface area (Å²) < 4.78 is 27.0. The lowest BCUT2D eigenvalue weighted by atomic mass is 9.87. The number of likely N-dealkylation sites (N-methyl/N-ethyl adjacent to an activating group) is 1. The van der Waals surface area contributed by atoms with E-state index < -0.39 is 28.5 Å². The van der Waals surface area contributed by atoms with E-state index in [-0.39, 0.29) is 24.3 Å². The van der Waals surface area contributed by atoms with E-state index in [0.717, 1.165) is 21.7 Å². The highest BCUT2D eigenvalue weighted by Crippen LogP contribution is 2.27. The number of anilines is 1. The van der Waals surface area contributed by atoms with Crippen molar-refractivity contribution in [1.82, 2.24) is 10.2 Å². The number of nitrogens with one attached hydrogen (secondary N) is 1. The van der Waals surface area contributed by atoms with Crippen molar-refractivity contribution in [1.29, 1.82) is 0 Å². The van der Waals surface area contributed by atoms with Gasteiger partial charge in [-0.3, -0.25) is 13.9 Å². The molecule has 1 atom stereocenters. The van der Waals surface area contributed by atoms with Gasteiger partial charge in [-0.1, -0.05) is 93.0 Å². The Bertz CT molecular complexity index is 1400. The van der Waals surface area contributed by atoms with Crippen molar-refractivity contribution in [3.05, 3.63) is 101 Å². The molecule has 0 unspecified atom stereocenters. The SMILES string of the molecule is CCNC(=O)[C@@H](Cc1ccccc1)N(Cc1ccccc1Cl)C(=O)CN(c1ccc(C(C)(C)C)cc1)S(C)(=O)=O. The first-order valence-electron chi connectivity index (χ1n) is 13.2. The quantitative estimate of drug-likeness (QED) is 0.337. The Morgan fingerprint density at radius 3 is 2.08 bits per heavy atom. The number of benzene rings is 3. The number of sulfonamides is 1. The van der Waals surface area contributed by atoms with Crippen molar-refractivity contribution in [2.24, 2.45) is 0 Å². The summed E-state index contributed by atoms with van der Waals surface area (Å²) in [5.41, 5.74) is 2.82. The normalized spacial score (nSPS) is 12.4. The number of rotatable bonds is 11. The Hall–Kier alpha value is -3.36. The molecular formula is C31H38ClN3O4S. The first-order valence-corrected chi connectivity index (χ1v) is 15.5. The fourth-order valence-electron chi connectivity index (χ4n) is 4.40. The van der Waals surface area contributed by atoms with Gasteiger partial charge in [0.1, 0.15) is 12.6 Å². The second-order valence-electron chi connectivity index (χ2n) is 10.8. The highest BCUT2D eigenvalue weighted by atomic mass is 35.5. The highest BCUT2D eigenvalue weighted by molar-refractivity contribution is 7.92. The van der Waals surface area contributed by atoms with Crippen LogP contribution in [0.3, 0.4) is 0 Å². The fourth-order valence-corrected chi connectivity index (χ4v) is 5.44. The van der Waals surface area contributed by atoms with Gasteiger partial charge in [-0.05, 0) is 47.2 Å². The van der Waals surface area contributed by atoms with E-state index in [1.165, 1.54) is 4.90 Å². The van der Waals surface area contributed by atoms with Crippen LogP contribution in [-0.4, -0.2) is 50.5 Å². The molecule has 0 saturated heterocycles. The van der Waals surface area contributed by atoms with Crippen LogP contribution in [0, 0.1) is 0 Å². The Morgan fingerprint density at radius 2 is 1.52 bits per heavy atom. The summed E-state index contributed by atoms with van der Waals surface area (Å²) >= 11 is 6.46. The van der Waals surface area contributed by atoms with Crippen molar-refractivity contribution in [2.75, 3.05) is 23.7 Å². The average Bonchev–Trinajstić information content (AvgIpc) is 2.90. The molecule has 214 valence electrons. The Kier molecular flexibility index (Phi) is 10.4. The number of carbonyl (C=O) groups excluding carboxylic acids is 2. The van der Waals surface area contributed by atoms with Gasteiger partial charge < -0.3 is 10.2 Å². The molecule has 0 saturated carbocycles. The summed E-state index contributed by atoms with van der Waals surface area (Å²) in [7, 11) is -3.83. The minimum Gasteiger partial charge on any atom is -0.355 e. The van der Waals surface area contributed by atoms with Gasteiger partial charge >= 0.3 is 0 Å². The third kappa shape index (κ3) is 8.32. The van der Waals surface area contributed by atoms with E-state index in [0.29, 0.717) is 22.8 Å². The third-order valence-corrected chi connectivity index (χ3v) is 8.13. The van der Waals surface area contributed by atoms with E-state index in [1.54, 1.807) is 30.3 Å². The molecule has 0 heterocycles. The monoisotopic (exact) mass is 583 g/mol. The molecular weight excluding hydrogens is 546 g/mol. The lowest BCUT2D eigenvalue weighted by Crippen LogP contribution is -2.53. The van der Waals surface area contributed by atoms with E-state index in [1.807, 2.05) is 55.5 Å². The highest BCUT2D eigenvalue weighted by Gasteiger charge is 2.33. The summed E-state index contributed by atoms with van der Waals surface area (Å²) in [6.45, 7) is 7.97. The zero-order valence-electron chi connectivity index (χ0n) is 23.7. The van der Waals surface area contributed by atoms with Crippen molar-refractivity contribution in [2.45, 2.75) is 52.1 Å². The van der Waals surface area contributed by atoms with Gasteiger partial charge in [0.2, 0.25) is 21.8 Å². The van der Waals surface area contributed by atoms with Gasteiger partial charge in [0.15, 0.2) is 0 Å². The van der Waals surface area contributed by atoms with Gasteiger partial charge in [-0.15, -0.1) is 0 Å². The third-order valence-electron chi connectivity index (χ3n) is 6.62. The van der Waals surface area contributed by atoms with Gasteiger partial charge in [-0.2, -0.15) is 0 Å². The lowest BCUT2D eigenvalue weighted by molar-refractivity contribution is -0.140. The molecule has 0 radical (unpaired) electrons. The molecule has 0 aliphatic heterocycles. The summed E-state index contributed by atoms with van der Waals surface area (Å²) in [6.07, 6.45) is 1.32. The van der Waals surface area contributed by atoms with Crippen molar-refractivity contribution >= 4 is 39.1 Å². The molecule has 1 N–H and O–H groups in total. The maximum absolute atomic E-state index is 14.1. The second-order valence-corrected chi connectivity index (χ2v) is 13.1. The topological polar surface area (TPSA) is 86.8 Å². The second kappa shape index (κ2) is 13.3. The number of halogens is 1. The van der Waals surface area contributed by atoms with Gasteiger partial charge in [0, 0.05) is 24.5 Å². The zero-order chi connectivity index (χ0) is 29.5. The molecule has 0 fully saturated rings. The van der Waals surface area contributed by atoms with Crippen LogP contribution in [0.2, 0.25) is 5.02 Å². The molecule has 0 spiro atoms. The molecule has 7 nitrogen and oxygen atoms in total. The number of amides is 2. The van der Waals surface area contributed by atoms with Gasteiger partial charge in [-0.25, -0.2) is 8.42 Å². The molecule has 40 heavy (non-hydrogen) atoms. The molecule has 3 rings (SSSR count). The van der Waals surface area contributed by atoms with E-state index >= 15 is 0 Å². The van der Waals surface area contributed by atoms with Crippen molar-refractivity contribution in [3.63, 3.8) is 0 Å². The molecule has 2 amide bonds. The van der Waals surface area contributed by atoms with Crippen LogP contribution in [0.5, 0.6) is 0 Å². The fraction of sp³-hybridized carbons (Fsp3) is 0.355. The Balaban J connectivity index is 2.04. The summed E-state index contributed by atoms with van der Waals surface area (Å²) in [5.74, 6) is -0.843. The van der Waals surface area contributed by atoms with Crippen LogP contribution < -0.4 is 9.62 Å². The number of carbonyl (C=O) groups is 2. The molecule has 0 bridgehead atoms. The maximum atomic E-state index is 14.1. The van der Waals surface area contributed by atoms with Gasteiger partial charge in [0.05, 0.1) is 11.9 Å². The largest absolute Gasteiger partial charge is 0.355 e. The first-order chi connectivity index (χ1) is 18.8. The van der Waals surface area contributed by atoms with Crippen LogP contribution in [0.25, 0.3) is 0 Å². The molecule has 9 heteroatoms. The molecule has 0 aliphatic rings. The Labute approximate surface area is 243 Å². The molecule has 3 aromatic carbocycles.